The Kier molecular flexibility index (Phi) is 5.59. The number of nitrogens with one attached hydrogen (secondary N) is 1. The number of phenolic OH excluding ortho intramolecular Hbond substituents is 1. The highest BCUT2D eigenvalue weighted by Crippen LogP contribution is 2.28. The molecule has 4 rings (SSSR count). The van der Waals surface area contributed by atoms with Gasteiger partial charge in [-0.1, -0.05) is 17.7 Å². The zero-order chi connectivity index (χ0) is 19.5. The average molecular weight is 402 g/mol. The number of aromatic nitrogens is 1. The Labute approximate surface area is 169 Å². The molecule has 0 radical (unpaired) electrons. The molecule has 2 aromatic carbocycles. The first-order valence-corrected chi connectivity index (χ1v) is 9.98. The van der Waals surface area contributed by atoms with Crippen LogP contribution >= 0.6 is 11.6 Å². The smallest absolute Gasteiger partial charge is 0.295 e. The molecule has 2 N–H and O–H groups in total. The summed E-state index contributed by atoms with van der Waals surface area (Å²) in [6, 6.07) is 11.9. The Hall–Kier alpha value is -2.44. The molecule has 6 nitrogen and oxygen atoms in total. The number of hydrogen-bond acceptors (Lipinski definition) is 6. The number of rotatable bonds is 6. The number of benzene rings is 2. The van der Waals surface area contributed by atoms with Crippen LogP contribution in [0.15, 0.2) is 40.8 Å². The lowest BCUT2D eigenvalue weighted by atomic mass is 10.0. The van der Waals surface area contributed by atoms with Crippen molar-refractivity contribution in [2.24, 2.45) is 0 Å². The summed E-state index contributed by atoms with van der Waals surface area (Å²) in [7, 11) is 0. The fourth-order valence-electron chi connectivity index (χ4n) is 3.56. The molecule has 1 aliphatic heterocycles. The Bertz CT molecular complexity index is 951. The highest BCUT2D eigenvalue weighted by molar-refractivity contribution is 6.31. The minimum Gasteiger partial charge on any atom is -0.504 e. The summed E-state index contributed by atoms with van der Waals surface area (Å²) >= 11 is 6.00. The standard InChI is InChI=1S/C21H24ClN3O3/c1-2-27-20-11-14(3-6-18(20)26)13-25-9-7-16(8-10-25)23-21-24-17-5-4-15(22)12-19(17)28-21/h3-6,11-12,16,26H,2,7-10,13H2,1H3,(H,23,24). The molecule has 0 saturated carbocycles. The summed E-state index contributed by atoms with van der Waals surface area (Å²) in [5.74, 6) is 0.737. The van der Waals surface area contributed by atoms with Gasteiger partial charge in [0.05, 0.1) is 6.61 Å². The maximum atomic E-state index is 9.85. The molecule has 3 aromatic rings. The summed E-state index contributed by atoms with van der Waals surface area (Å²) in [6.45, 7) is 5.25. The molecule has 0 spiro atoms. The lowest BCUT2D eigenvalue weighted by molar-refractivity contribution is 0.210. The molecule has 7 heteroatoms. The fraction of sp³-hybridized carbons (Fsp3) is 0.381. The molecule has 1 saturated heterocycles. The van der Waals surface area contributed by atoms with E-state index in [0.717, 1.165) is 43.6 Å². The van der Waals surface area contributed by atoms with Crippen LogP contribution in [0.4, 0.5) is 6.01 Å². The highest BCUT2D eigenvalue weighted by atomic mass is 35.5. The monoisotopic (exact) mass is 401 g/mol. The van der Waals surface area contributed by atoms with Gasteiger partial charge in [-0.25, -0.2) is 0 Å². The molecule has 0 aliphatic carbocycles. The van der Waals surface area contributed by atoms with E-state index in [2.05, 4.69) is 15.2 Å². The van der Waals surface area contributed by atoms with Gasteiger partial charge in [0.15, 0.2) is 17.1 Å². The largest absolute Gasteiger partial charge is 0.504 e. The number of oxazole rings is 1. The predicted octanol–water partition coefficient (Wildman–Crippen LogP) is 4.66. The van der Waals surface area contributed by atoms with Crippen molar-refractivity contribution in [1.29, 1.82) is 0 Å². The van der Waals surface area contributed by atoms with E-state index in [1.165, 1.54) is 0 Å². The average Bonchev–Trinajstić information content (AvgIpc) is 3.07. The quantitative estimate of drug-likeness (QED) is 0.625. The Balaban J connectivity index is 1.32. The second kappa shape index (κ2) is 8.29. The third-order valence-corrected chi connectivity index (χ3v) is 5.23. The molecule has 28 heavy (non-hydrogen) atoms. The van der Waals surface area contributed by atoms with E-state index < -0.39 is 0 Å². The summed E-state index contributed by atoms with van der Waals surface area (Å²) in [5, 5.41) is 13.9. The molecular weight excluding hydrogens is 378 g/mol. The SMILES string of the molecule is CCOc1cc(CN2CCC(Nc3nc4ccc(Cl)cc4o3)CC2)ccc1O. The van der Waals surface area contributed by atoms with Crippen molar-refractivity contribution in [3.05, 3.63) is 47.0 Å². The maximum absolute atomic E-state index is 9.85. The van der Waals surface area contributed by atoms with Crippen molar-refractivity contribution in [2.75, 3.05) is 25.0 Å². The van der Waals surface area contributed by atoms with Crippen LogP contribution in [0.25, 0.3) is 11.1 Å². The van der Waals surface area contributed by atoms with Gasteiger partial charge in [0.1, 0.15) is 5.52 Å². The van der Waals surface area contributed by atoms with Gasteiger partial charge in [0.25, 0.3) is 6.01 Å². The second-order valence-electron chi connectivity index (χ2n) is 7.06. The van der Waals surface area contributed by atoms with E-state index in [1.807, 2.05) is 31.2 Å². The molecule has 1 fully saturated rings. The van der Waals surface area contributed by atoms with Crippen LogP contribution in [0.2, 0.25) is 5.02 Å². The van der Waals surface area contributed by atoms with Crippen molar-refractivity contribution in [1.82, 2.24) is 9.88 Å². The first kappa shape index (κ1) is 18.9. The van der Waals surface area contributed by atoms with Crippen molar-refractivity contribution >= 4 is 28.7 Å². The zero-order valence-electron chi connectivity index (χ0n) is 15.8. The van der Waals surface area contributed by atoms with Crippen LogP contribution in [0, 0.1) is 0 Å². The molecule has 0 amide bonds. The number of aromatic hydroxyl groups is 1. The third kappa shape index (κ3) is 4.34. The fourth-order valence-corrected chi connectivity index (χ4v) is 3.72. The van der Waals surface area contributed by atoms with Crippen LogP contribution in [-0.2, 0) is 6.54 Å². The molecule has 148 valence electrons. The number of halogens is 1. The first-order chi connectivity index (χ1) is 13.6. The molecule has 1 aliphatic rings. The lowest BCUT2D eigenvalue weighted by Gasteiger charge is -2.32. The van der Waals surface area contributed by atoms with Crippen LogP contribution in [0.1, 0.15) is 25.3 Å². The Morgan fingerprint density at radius 2 is 2.07 bits per heavy atom. The van der Waals surface area contributed by atoms with Crippen molar-refractivity contribution in [3.8, 4) is 11.5 Å². The zero-order valence-corrected chi connectivity index (χ0v) is 16.6. The maximum Gasteiger partial charge on any atom is 0.295 e. The van der Waals surface area contributed by atoms with Gasteiger partial charge in [-0.15, -0.1) is 0 Å². The van der Waals surface area contributed by atoms with E-state index in [1.54, 1.807) is 12.1 Å². The van der Waals surface area contributed by atoms with Crippen LogP contribution < -0.4 is 10.1 Å². The molecular formula is C21H24ClN3O3. The predicted molar refractivity (Wildman–Crippen MR) is 110 cm³/mol. The number of anilines is 1. The molecule has 0 atom stereocenters. The van der Waals surface area contributed by atoms with Gasteiger partial charge in [-0.2, -0.15) is 4.98 Å². The number of piperidine rings is 1. The van der Waals surface area contributed by atoms with Gasteiger partial charge in [0, 0.05) is 36.8 Å². The molecule has 0 unspecified atom stereocenters. The van der Waals surface area contributed by atoms with Gasteiger partial charge in [0.2, 0.25) is 0 Å². The minimum atomic E-state index is 0.188. The van der Waals surface area contributed by atoms with Crippen LogP contribution in [0.5, 0.6) is 11.5 Å². The third-order valence-electron chi connectivity index (χ3n) is 5.00. The number of ether oxygens (including phenoxy) is 1. The van der Waals surface area contributed by atoms with Gasteiger partial charge < -0.3 is 19.6 Å². The van der Waals surface area contributed by atoms with E-state index in [0.29, 0.717) is 35.0 Å². The summed E-state index contributed by atoms with van der Waals surface area (Å²) in [4.78, 5) is 6.89. The van der Waals surface area contributed by atoms with Crippen molar-refractivity contribution in [2.45, 2.75) is 32.4 Å². The summed E-state index contributed by atoms with van der Waals surface area (Å²) < 4.78 is 11.2. The van der Waals surface area contributed by atoms with Crippen molar-refractivity contribution in [3.63, 3.8) is 0 Å². The van der Waals surface area contributed by atoms with Crippen LogP contribution in [-0.4, -0.2) is 40.7 Å². The summed E-state index contributed by atoms with van der Waals surface area (Å²) in [6.07, 6.45) is 2.02. The highest BCUT2D eigenvalue weighted by Gasteiger charge is 2.21. The summed E-state index contributed by atoms with van der Waals surface area (Å²) in [5.41, 5.74) is 2.65. The number of fused-ring (bicyclic) bond motifs is 1. The first-order valence-electron chi connectivity index (χ1n) is 9.60. The second-order valence-corrected chi connectivity index (χ2v) is 7.50. The van der Waals surface area contributed by atoms with Gasteiger partial charge in [-0.05, 0) is 49.6 Å². The lowest BCUT2D eigenvalue weighted by Crippen LogP contribution is -2.38. The van der Waals surface area contributed by atoms with E-state index in [-0.39, 0.29) is 5.75 Å². The van der Waals surface area contributed by atoms with Gasteiger partial charge in [-0.3, -0.25) is 4.90 Å². The molecule has 1 aromatic heterocycles. The Morgan fingerprint density at radius 3 is 2.86 bits per heavy atom. The van der Waals surface area contributed by atoms with Crippen molar-refractivity contribution < 1.29 is 14.3 Å². The van der Waals surface area contributed by atoms with E-state index in [4.69, 9.17) is 20.8 Å². The van der Waals surface area contributed by atoms with E-state index in [9.17, 15) is 5.11 Å². The Morgan fingerprint density at radius 1 is 1.25 bits per heavy atom. The minimum absolute atomic E-state index is 0.188. The molecule has 2 heterocycles. The number of phenols is 1. The van der Waals surface area contributed by atoms with Crippen LogP contribution in [0.3, 0.4) is 0 Å². The number of likely N-dealkylation sites (tertiary alicyclic amines) is 1. The number of hydrogen-bond donors (Lipinski definition) is 2. The topological polar surface area (TPSA) is 70.8 Å². The normalized spacial score (nSPS) is 15.8. The van der Waals surface area contributed by atoms with Gasteiger partial charge >= 0.3 is 0 Å². The van der Waals surface area contributed by atoms with E-state index >= 15 is 0 Å². The number of nitrogens with zero attached hydrogens (tertiary/aromatic N) is 2. The molecule has 0 bridgehead atoms.